The van der Waals surface area contributed by atoms with Gasteiger partial charge in [-0.15, -0.1) is 34.0 Å². The fraction of sp³-hybridized carbons (Fsp3) is 0.380. The van der Waals surface area contributed by atoms with E-state index in [1.807, 2.05) is 104 Å². The zero-order chi connectivity index (χ0) is 103. The number of rotatable bonds is 33. The second-order valence-corrected chi connectivity index (χ2v) is 41.1. The highest BCUT2D eigenvalue weighted by atomic mass is 35.5. The van der Waals surface area contributed by atoms with E-state index in [4.69, 9.17) is 82.9 Å². The first kappa shape index (κ1) is 106. The molecule has 6 fully saturated rings. The second kappa shape index (κ2) is 47.9. The summed E-state index contributed by atoms with van der Waals surface area (Å²) >= 11 is 23.7. The van der Waals surface area contributed by atoms with Gasteiger partial charge in [-0.3, -0.25) is 54.0 Å². The van der Waals surface area contributed by atoms with Gasteiger partial charge in [0.15, 0.2) is 32.5 Å². The lowest BCUT2D eigenvalue weighted by Gasteiger charge is -2.44. The molecule has 8 atom stereocenters. The van der Waals surface area contributed by atoms with Crippen LogP contribution in [0.3, 0.4) is 0 Å². The number of aromatic nitrogens is 3. The number of sulfonamides is 1. The number of amidine groups is 3. The van der Waals surface area contributed by atoms with Gasteiger partial charge < -0.3 is 63.8 Å². The molecule has 6 saturated heterocycles. The summed E-state index contributed by atoms with van der Waals surface area (Å²) in [4.78, 5) is 150. The number of urea groups is 3. The first-order chi connectivity index (χ1) is 70.4. The second-order valence-electron chi connectivity index (χ2n) is 35.4. The molecule has 770 valence electrons. The molecule has 36 nitrogen and oxygen atoms in total. The highest BCUT2D eigenvalue weighted by Crippen LogP contribution is 2.44. The number of aliphatic imine (C=N–C) groups is 3. The van der Waals surface area contributed by atoms with Crippen LogP contribution in [0, 0.1) is 17.5 Å². The van der Waals surface area contributed by atoms with Crippen LogP contribution in [-0.4, -0.2) is 309 Å². The van der Waals surface area contributed by atoms with Crippen LogP contribution in [0.5, 0.6) is 0 Å². The standard InChI is InChI=1S/2C34H36ClFN6O6S.C32H35ClFN7O5S2/c2*1-46-19-27-26-18-42(22-8-4-20(5-9-22)6-11-28(43)47-2)34(45)41(26)14-13-40(27)17-25-29(33(44)48-3)30(23-10-7-21(36)16-24(23)35)39-31(38-25)32-37-12-15-49-32;1-46-31(42)27-26(37-29(30-35-12-15-47-30)38-28(27)24-10-7-21(34)16-25(24)33)19-39-13-14-40-23(17-39)18-41(32(40)43)22-8-5-20(6-9-22)4-3-11-36-48(2,44)45/h2*4-5,7-10,12,15-16,26-27,30H,6,11,13-14,17-19H2,1-3H3,(H,38,39);5-10,12,15-16,23,28,36H,3-4,11,13-14,17-19H2,1-2H3,(H,37,38)/t26-,27-,30+;26-,27-,30-;23-,28-/m100/s1. The van der Waals surface area contributed by atoms with Gasteiger partial charge in [0.1, 0.15) is 35.6 Å². The van der Waals surface area contributed by atoms with Crippen LogP contribution in [0.4, 0.5) is 44.6 Å². The zero-order valence-corrected chi connectivity index (χ0v) is 86.3. The van der Waals surface area contributed by atoms with Crippen molar-refractivity contribution in [2.45, 2.75) is 86.9 Å². The number of thiazole rings is 3. The lowest BCUT2D eigenvalue weighted by molar-refractivity contribution is -0.141. The molecule has 46 heteroatoms. The summed E-state index contributed by atoms with van der Waals surface area (Å²) in [6.45, 7) is 6.83. The average molecular weight is 2140 g/mol. The van der Waals surface area contributed by atoms with E-state index in [-0.39, 0.29) is 118 Å². The smallest absolute Gasteiger partial charge is 0.338 e. The number of piperazine rings is 3. The molecule has 0 bridgehead atoms. The molecule has 9 aliphatic heterocycles. The molecule has 6 aromatic carbocycles. The van der Waals surface area contributed by atoms with Gasteiger partial charge >= 0.3 is 47.9 Å². The van der Waals surface area contributed by atoms with Crippen LogP contribution < -0.4 is 35.4 Å². The van der Waals surface area contributed by atoms with E-state index in [1.54, 1.807) is 47.5 Å². The van der Waals surface area contributed by atoms with E-state index < -0.39 is 63.5 Å². The van der Waals surface area contributed by atoms with Gasteiger partial charge in [0.05, 0.1) is 102 Å². The number of hydrogen-bond donors (Lipinski definition) is 4. The first-order valence-corrected chi connectivity index (χ1v) is 52.4. The summed E-state index contributed by atoms with van der Waals surface area (Å²) in [6.07, 6.45) is 9.15. The minimum atomic E-state index is -3.21. The predicted molar refractivity (Wildman–Crippen MR) is 547 cm³/mol. The predicted octanol–water partition coefficient (Wildman–Crippen LogP) is 12.0. The van der Waals surface area contributed by atoms with Crippen molar-refractivity contribution in [3.8, 4) is 0 Å². The Morgan fingerprint density at radius 2 is 0.788 bits per heavy atom. The van der Waals surface area contributed by atoms with E-state index >= 15 is 0 Å². The number of carbonyl (C=O) groups is 8. The molecule has 9 aromatic rings. The molecule has 6 amide bonds. The Morgan fingerprint density at radius 1 is 0.438 bits per heavy atom. The molecule has 0 saturated carbocycles. The maximum atomic E-state index is 14.1. The molecule has 18 rings (SSSR count). The number of nitrogens with one attached hydrogen (secondary N) is 4. The number of aryl methyl sites for hydroxylation is 3. The summed E-state index contributed by atoms with van der Waals surface area (Å²) in [5.41, 5.74) is 9.07. The summed E-state index contributed by atoms with van der Waals surface area (Å²) in [6, 6.07) is 31.2. The van der Waals surface area contributed by atoms with Crippen LogP contribution in [0.2, 0.25) is 15.1 Å². The molecule has 0 spiro atoms. The fourth-order valence-corrected chi connectivity index (χ4v) is 22.4. The van der Waals surface area contributed by atoms with Crippen molar-refractivity contribution in [2.24, 2.45) is 15.0 Å². The first-order valence-electron chi connectivity index (χ1n) is 46.8. The van der Waals surface area contributed by atoms with Crippen molar-refractivity contribution in [3.63, 3.8) is 0 Å². The molecule has 3 aromatic heterocycles. The zero-order valence-electron chi connectivity index (χ0n) is 80.8. The summed E-state index contributed by atoms with van der Waals surface area (Å²) in [7, 11) is 6.66. The summed E-state index contributed by atoms with van der Waals surface area (Å²) in [5.74, 6) is -2.50. The lowest BCUT2D eigenvalue weighted by Crippen LogP contribution is -2.61. The van der Waals surface area contributed by atoms with Crippen molar-refractivity contribution >= 4 is 161 Å². The highest BCUT2D eigenvalue weighted by Gasteiger charge is 2.51. The topological polar surface area (TPSA) is 388 Å². The van der Waals surface area contributed by atoms with Crippen LogP contribution in [-0.2, 0) is 86.4 Å². The van der Waals surface area contributed by atoms with Gasteiger partial charge in [-0.2, -0.15) is 0 Å². The number of methoxy groups -OCH3 is 7. The van der Waals surface area contributed by atoms with Gasteiger partial charge in [-0.1, -0.05) is 89.4 Å². The number of anilines is 3. The Kier molecular flexibility index (Phi) is 34.8. The minimum Gasteiger partial charge on any atom is -0.469 e. The molecule has 0 unspecified atom stereocenters. The lowest BCUT2D eigenvalue weighted by atomic mass is 9.94. The monoisotopic (exact) mass is 2140 g/mol. The van der Waals surface area contributed by atoms with E-state index in [0.29, 0.717) is 184 Å². The van der Waals surface area contributed by atoms with Crippen LogP contribution in [0.25, 0.3) is 0 Å². The van der Waals surface area contributed by atoms with Gasteiger partial charge in [-0.25, -0.2) is 70.0 Å². The molecule has 12 heterocycles. The molecule has 0 aliphatic carbocycles. The van der Waals surface area contributed by atoms with Gasteiger partial charge in [0, 0.05) is 219 Å². The summed E-state index contributed by atoms with van der Waals surface area (Å²) in [5, 5.41) is 17.7. The van der Waals surface area contributed by atoms with Gasteiger partial charge in [-0.05, 0) is 115 Å². The fourth-order valence-electron chi connectivity index (χ4n) is 19.3. The molecule has 0 radical (unpaired) electrons. The molecule has 146 heavy (non-hydrogen) atoms. The number of benzene rings is 6. The molecular weight excluding hydrogens is 2030 g/mol. The molecule has 9 aliphatic rings. The highest BCUT2D eigenvalue weighted by molar-refractivity contribution is 7.88. The van der Waals surface area contributed by atoms with E-state index in [0.717, 1.165) is 40.0 Å². The van der Waals surface area contributed by atoms with Gasteiger partial charge in [0.2, 0.25) is 10.0 Å². The van der Waals surface area contributed by atoms with E-state index in [2.05, 4.69) is 50.3 Å². The number of carbonyl (C=O) groups excluding carboxylic acids is 8. The van der Waals surface area contributed by atoms with Crippen molar-refractivity contribution in [2.75, 3.05) is 176 Å². The number of halogens is 6. The van der Waals surface area contributed by atoms with Crippen molar-refractivity contribution < 1.29 is 93.1 Å². The number of ether oxygens (including phenoxy) is 7. The quantitative estimate of drug-likeness (QED) is 0.0169. The van der Waals surface area contributed by atoms with Crippen LogP contribution >= 0.6 is 68.8 Å². The largest absolute Gasteiger partial charge is 0.469 e. The molecular formula is C100H107Cl3F3N19O17S4. The number of nitrogens with zero attached hydrogens (tertiary/aromatic N) is 15. The maximum Gasteiger partial charge on any atom is 0.338 e. The third-order valence-corrected chi connectivity index (χ3v) is 30.6. The number of esters is 5. The van der Waals surface area contributed by atoms with Crippen LogP contribution in [0.15, 0.2) is 211 Å². The Labute approximate surface area is 867 Å². The normalized spacial score (nSPS) is 20.7. The number of amides is 6. The minimum absolute atomic E-state index is 0.0563. The van der Waals surface area contributed by atoms with E-state index in [9.17, 15) is 59.9 Å². The third-order valence-electron chi connectivity index (χ3n) is 26.5. The maximum absolute atomic E-state index is 14.1. The Bertz CT molecular complexity index is 6380. The SMILES string of the molecule is COC(=O)C1=C(CN2CCN3C(=O)N(c4ccc(CCCNS(C)(=O)=O)cc4)C[C@@H]3C2)NC(c2nccs2)=N[C@H]1c1ccc(F)cc1Cl.COC[C@@H]1[C@H]2CN(c3ccc(CCC(=O)OC)cc3)C(=O)N2CCN1CC1=C(C(=O)OC)[C@H](c2ccc(F)cc2Cl)N=C(c2nccs2)N1.COC[C@H]1[C@@H]2CN(c3ccc(CCC(=O)OC)cc3)C(=O)N2CCN1CC1=C(C(=O)OC)[C@H](c2ccc(F)cc2Cl)N=C(c2nccs2)N1. The molecule has 4 N–H and O–H groups in total. The van der Waals surface area contributed by atoms with Crippen molar-refractivity contribution in [3.05, 3.63) is 277 Å². The number of fused-ring (bicyclic) bond motifs is 3. The van der Waals surface area contributed by atoms with E-state index in [1.165, 1.54) is 124 Å². The third kappa shape index (κ3) is 24.4. The number of hydrogen-bond acceptors (Lipinski definition) is 32. The average Bonchev–Trinajstić information content (AvgIpc) is 1.69. The summed E-state index contributed by atoms with van der Waals surface area (Å²) < 4.78 is 104. The van der Waals surface area contributed by atoms with Crippen LogP contribution in [0.1, 0.15) is 85.8 Å². The van der Waals surface area contributed by atoms with Crippen molar-refractivity contribution in [1.29, 1.82) is 0 Å². The Balaban J connectivity index is 0.000000157. The Hall–Kier alpha value is -12.6. The van der Waals surface area contributed by atoms with Crippen molar-refractivity contribution in [1.82, 2.24) is 65.0 Å². The Morgan fingerprint density at radius 3 is 1.12 bits per heavy atom. The van der Waals surface area contributed by atoms with Gasteiger partial charge in [0.25, 0.3) is 0 Å².